The highest BCUT2D eigenvalue weighted by Gasteiger charge is 2.38. The monoisotopic (exact) mass is 553 g/mol. The molecule has 10 heteroatoms. The Labute approximate surface area is 227 Å². The lowest BCUT2D eigenvalue weighted by Crippen LogP contribution is -2.21. The number of nitrogens with zero attached hydrogens (tertiary/aromatic N) is 1. The van der Waals surface area contributed by atoms with Gasteiger partial charge in [0.25, 0.3) is 0 Å². The molecule has 5 rings (SSSR count). The first-order chi connectivity index (χ1) is 18.6. The number of carboxylic acid groups (broad SMARTS) is 1. The minimum Gasteiger partial charge on any atom is -0.497 e. The zero-order valence-corrected chi connectivity index (χ0v) is 22.0. The van der Waals surface area contributed by atoms with E-state index in [4.69, 9.17) is 19.6 Å². The Kier molecular flexibility index (Phi) is 8.68. The standard InChI is InChI=1S/C27H25N3OS.C2HF3O2/c1-18-4-3-5-23-26(18)30-27(29-23)25-15-14-24(32-25)21-10-6-19(7-11-21)16-28-17-20-8-12-22(31-2)13-9-20;3-2(4,5)1(6)7/h3-15,28H,16-17H2,1-2H3,(H,29,30);(H,6,7). The number of alkyl halides is 3. The molecular weight excluding hydrogens is 527 g/mol. The first-order valence-electron chi connectivity index (χ1n) is 11.9. The number of carboxylic acids is 1. The molecular formula is C29H26F3N3O3S. The van der Waals surface area contributed by atoms with Crippen LogP contribution in [0.2, 0.25) is 0 Å². The highest BCUT2D eigenvalue weighted by molar-refractivity contribution is 7.18. The number of fused-ring (bicyclic) bond motifs is 1. The highest BCUT2D eigenvalue weighted by atomic mass is 32.1. The van der Waals surface area contributed by atoms with Crippen LogP contribution in [0.5, 0.6) is 5.75 Å². The van der Waals surface area contributed by atoms with Gasteiger partial charge in [-0.1, -0.05) is 48.5 Å². The number of imidazole rings is 1. The van der Waals surface area contributed by atoms with E-state index in [0.717, 1.165) is 40.6 Å². The minimum absolute atomic E-state index is 0.830. The molecule has 2 heterocycles. The molecule has 2 aromatic heterocycles. The number of para-hydroxylation sites is 1. The summed E-state index contributed by atoms with van der Waals surface area (Å²) in [6.45, 7) is 3.76. The molecule has 3 aromatic carbocycles. The van der Waals surface area contributed by atoms with Gasteiger partial charge in [-0.05, 0) is 59.5 Å². The number of thiophene rings is 1. The lowest BCUT2D eigenvalue weighted by atomic mass is 10.1. The third kappa shape index (κ3) is 7.24. The number of aromatic amines is 1. The highest BCUT2D eigenvalue weighted by Crippen LogP contribution is 2.34. The zero-order valence-electron chi connectivity index (χ0n) is 21.2. The molecule has 3 N–H and O–H groups in total. The molecule has 5 aromatic rings. The van der Waals surface area contributed by atoms with Crippen molar-refractivity contribution < 1.29 is 27.8 Å². The third-order valence-corrected chi connectivity index (χ3v) is 6.99. The van der Waals surface area contributed by atoms with Gasteiger partial charge in [0.15, 0.2) is 0 Å². The van der Waals surface area contributed by atoms with Crippen LogP contribution in [-0.4, -0.2) is 34.3 Å². The summed E-state index contributed by atoms with van der Waals surface area (Å²) in [6.07, 6.45) is -5.08. The van der Waals surface area contributed by atoms with Crippen LogP contribution in [0.4, 0.5) is 13.2 Å². The molecule has 0 saturated carbocycles. The number of H-pyrrole nitrogens is 1. The first kappa shape index (κ1) is 27.9. The van der Waals surface area contributed by atoms with Gasteiger partial charge in [-0.2, -0.15) is 13.2 Å². The van der Waals surface area contributed by atoms with Gasteiger partial charge in [-0.15, -0.1) is 11.3 Å². The summed E-state index contributed by atoms with van der Waals surface area (Å²) >= 11 is 1.76. The Morgan fingerprint density at radius 3 is 2.10 bits per heavy atom. The number of hydrogen-bond donors (Lipinski definition) is 3. The quantitative estimate of drug-likeness (QED) is 0.198. The second kappa shape index (κ2) is 12.1. The minimum atomic E-state index is -5.08. The van der Waals surface area contributed by atoms with E-state index in [1.165, 1.54) is 27.1 Å². The average Bonchev–Trinajstić information content (AvgIpc) is 3.58. The smallest absolute Gasteiger partial charge is 0.490 e. The topological polar surface area (TPSA) is 87.2 Å². The second-order valence-corrected chi connectivity index (χ2v) is 9.76. The Bertz CT molecular complexity index is 1540. The fraction of sp³-hybridized carbons (Fsp3) is 0.172. The van der Waals surface area contributed by atoms with Crippen molar-refractivity contribution in [3.05, 3.63) is 95.6 Å². The number of benzene rings is 3. The molecule has 0 aliphatic rings. The molecule has 0 spiro atoms. The third-order valence-electron chi connectivity index (χ3n) is 5.85. The van der Waals surface area contributed by atoms with E-state index >= 15 is 0 Å². The van der Waals surface area contributed by atoms with Crippen molar-refractivity contribution in [1.82, 2.24) is 15.3 Å². The molecule has 6 nitrogen and oxygen atoms in total. The van der Waals surface area contributed by atoms with E-state index < -0.39 is 12.1 Å². The number of hydrogen-bond acceptors (Lipinski definition) is 5. The van der Waals surface area contributed by atoms with Crippen molar-refractivity contribution in [3.8, 4) is 26.9 Å². The van der Waals surface area contributed by atoms with E-state index in [-0.39, 0.29) is 0 Å². The maximum Gasteiger partial charge on any atom is 0.490 e. The van der Waals surface area contributed by atoms with Crippen molar-refractivity contribution in [3.63, 3.8) is 0 Å². The number of halogens is 3. The Balaban J connectivity index is 0.000000448. The fourth-order valence-electron chi connectivity index (χ4n) is 3.79. The number of aryl methyl sites for hydroxylation is 1. The number of carbonyl (C=O) groups is 1. The van der Waals surface area contributed by atoms with Crippen LogP contribution >= 0.6 is 11.3 Å². The van der Waals surface area contributed by atoms with Crippen LogP contribution in [0.1, 0.15) is 16.7 Å². The summed E-state index contributed by atoms with van der Waals surface area (Å²) in [5.74, 6) is -0.936. The maximum atomic E-state index is 10.6. The Hall–Kier alpha value is -4.15. The zero-order chi connectivity index (χ0) is 28.0. The molecule has 0 radical (unpaired) electrons. The van der Waals surface area contributed by atoms with Crippen molar-refractivity contribution in [2.45, 2.75) is 26.2 Å². The summed E-state index contributed by atoms with van der Waals surface area (Å²) in [5, 5.41) is 10.6. The van der Waals surface area contributed by atoms with Crippen molar-refractivity contribution in [2.24, 2.45) is 0 Å². The van der Waals surface area contributed by atoms with Gasteiger partial charge in [0.1, 0.15) is 11.6 Å². The fourth-order valence-corrected chi connectivity index (χ4v) is 4.75. The van der Waals surface area contributed by atoms with E-state index in [9.17, 15) is 13.2 Å². The lowest BCUT2D eigenvalue weighted by molar-refractivity contribution is -0.192. The molecule has 0 unspecified atom stereocenters. The van der Waals surface area contributed by atoms with Crippen LogP contribution in [0, 0.1) is 6.92 Å². The summed E-state index contributed by atoms with van der Waals surface area (Å²) in [4.78, 5) is 19.6. The molecule has 0 atom stereocenters. The molecule has 39 heavy (non-hydrogen) atoms. The predicted molar refractivity (Wildman–Crippen MR) is 147 cm³/mol. The summed E-state index contributed by atoms with van der Waals surface area (Å²) in [5.41, 5.74) is 7.07. The molecule has 0 aliphatic heterocycles. The van der Waals surface area contributed by atoms with Gasteiger partial charge in [-0.3, -0.25) is 0 Å². The lowest BCUT2D eigenvalue weighted by Gasteiger charge is -2.07. The SMILES string of the molecule is COc1ccc(CNCc2ccc(-c3ccc(-c4nc5c(C)cccc5[nH]4)s3)cc2)cc1.O=C(O)C(F)(F)F. The number of methoxy groups -OCH3 is 1. The molecule has 0 bridgehead atoms. The number of aromatic nitrogens is 2. The van der Waals surface area contributed by atoms with Gasteiger partial charge in [0.05, 0.1) is 23.0 Å². The van der Waals surface area contributed by atoms with Crippen LogP contribution in [-0.2, 0) is 17.9 Å². The number of nitrogens with one attached hydrogen (secondary N) is 2. The van der Waals surface area contributed by atoms with Crippen LogP contribution < -0.4 is 10.1 Å². The van der Waals surface area contributed by atoms with Crippen LogP contribution in [0.15, 0.2) is 78.9 Å². The maximum absolute atomic E-state index is 10.6. The van der Waals surface area contributed by atoms with Gasteiger partial charge in [-0.25, -0.2) is 9.78 Å². The van der Waals surface area contributed by atoms with E-state index in [0.29, 0.717) is 0 Å². The van der Waals surface area contributed by atoms with E-state index in [1.54, 1.807) is 18.4 Å². The van der Waals surface area contributed by atoms with Crippen molar-refractivity contribution in [2.75, 3.05) is 7.11 Å². The van der Waals surface area contributed by atoms with Crippen molar-refractivity contribution >= 4 is 28.3 Å². The van der Waals surface area contributed by atoms with Gasteiger partial charge in [0, 0.05) is 18.0 Å². The summed E-state index contributed by atoms with van der Waals surface area (Å²) in [7, 11) is 1.69. The van der Waals surface area contributed by atoms with Gasteiger partial charge in [0.2, 0.25) is 0 Å². The van der Waals surface area contributed by atoms with E-state index in [1.807, 2.05) is 12.1 Å². The summed E-state index contributed by atoms with van der Waals surface area (Å²) < 4.78 is 36.9. The first-order valence-corrected chi connectivity index (χ1v) is 12.7. The molecule has 0 fully saturated rings. The Morgan fingerprint density at radius 2 is 1.54 bits per heavy atom. The number of rotatable bonds is 7. The number of aliphatic carboxylic acids is 1. The molecule has 0 aliphatic carbocycles. The van der Waals surface area contributed by atoms with Crippen LogP contribution in [0.3, 0.4) is 0 Å². The molecule has 0 amide bonds. The second-order valence-electron chi connectivity index (χ2n) is 8.67. The van der Waals surface area contributed by atoms with Gasteiger partial charge >= 0.3 is 12.1 Å². The largest absolute Gasteiger partial charge is 0.497 e. The van der Waals surface area contributed by atoms with Crippen LogP contribution in [0.25, 0.3) is 32.2 Å². The molecule has 0 saturated heterocycles. The average molecular weight is 554 g/mol. The molecule has 202 valence electrons. The van der Waals surface area contributed by atoms with Crippen molar-refractivity contribution in [1.29, 1.82) is 0 Å². The van der Waals surface area contributed by atoms with Gasteiger partial charge < -0.3 is 20.1 Å². The normalized spacial score (nSPS) is 11.2. The van der Waals surface area contributed by atoms with E-state index in [2.05, 4.69) is 84.0 Å². The summed E-state index contributed by atoms with van der Waals surface area (Å²) in [6, 6.07) is 27.5. The number of ether oxygens (including phenoxy) is 1. The predicted octanol–water partition coefficient (Wildman–Crippen LogP) is 7.20. The Morgan fingerprint density at radius 1 is 0.949 bits per heavy atom.